The van der Waals surface area contributed by atoms with E-state index in [9.17, 15) is 13.2 Å². The maximum Gasteiger partial charge on any atom is 0.277 e. The molecule has 10 nitrogen and oxygen atoms in total. The molecule has 0 unspecified atom stereocenters. The van der Waals surface area contributed by atoms with Crippen LogP contribution in [0.4, 0.5) is 11.6 Å². The first kappa shape index (κ1) is 25.6. The van der Waals surface area contributed by atoms with Crippen molar-refractivity contribution in [3.63, 3.8) is 0 Å². The zero-order valence-corrected chi connectivity index (χ0v) is 23.2. The summed E-state index contributed by atoms with van der Waals surface area (Å²) in [5.74, 6) is 0.280. The highest BCUT2D eigenvalue weighted by Gasteiger charge is 2.17. The van der Waals surface area contributed by atoms with Crippen LogP contribution in [0.5, 0.6) is 0 Å². The number of aromatic nitrogens is 3. The van der Waals surface area contributed by atoms with Crippen LogP contribution in [0.15, 0.2) is 86.2 Å². The number of hydrogen-bond donors (Lipinski definition) is 2. The maximum atomic E-state index is 13.3. The van der Waals surface area contributed by atoms with E-state index in [1.165, 1.54) is 16.7 Å². The lowest BCUT2D eigenvalue weighted by Crippen LogP contribution is -2.29. The summed E-state index contributed by atoms with van der Waals surface area (Å²) >= 11 is 3.31. The fraction of sp³-hybridized carbons (Fsp3) is 0.154. The van der Waals surface area contributed by atoms with Crippen LogP contribution in [0, 0.1) is 6.92 Å². The van der Waals surface area contributed by atoms with E-state index in [0.29, 0.717) is 33.5 Å². The van der Waals surface area contributed by atoms with E-state index in [0.717, 1.165) is 11.3 Å². The molecule has 0 amide bonds. The summed E-state index contributed by atoms with van der Waals surface area (Å²) in [6, 6.07) is 13.5. The minimum atomic E-state index is -3.81. The van der Waals surface area contributed by atoms with Gasteiger partial charge in [0.2, 0.25) is 5.95 Å². The summed E-state index contributed by atoms with van der Waals surface area (Å²) in [4.78, 5) is 26.6. The molecule has 194 valence electrons. The molecule has 3 heterocycles. The number of pyridine rings is 1. The van der Waals surface area contributed by atoms with Gasteiger partial charge < -0.3 is 4.57 Å². The molecule has 2 aromatic carbocycles. The molecule has 2 aromatic heterocycles. The first-order chi connectivity index (χ1) is 18.1. The summed E-state index contributed by atoms with van der Waals surface area (Å²) < 4.78 is 30.7. The Bertz CT molecular complexity index is 1800. The van der Waals surface area contributed by atoms with Gasteiger partial charge in [-0.2, -0.15) is 0 Å². The number of nitrogens with one attached hydrogen (secondary N) is 2. The van der Waals surface area contributed by atoms with Crippen molar-refractivity contribution in [3.8, 4) is 11.3 Å². The topological polar surface area (TPSA) is 122 Å². The van der Waals surface area contributed by atoms with Crippen molar-refractivity contribution in [2.24, 2.45) is 12.0 Å². The largest absolute Gasteiger partial charge is 0.309 e. The molecule has 0 bridgehead atoms. The van der Waals surface area contributed by atoms with Crippen molar-refractivity contribution in [2.75, 3.05) is 16.8 Å². The molecule has 38 heavy (non-hydrogen) atoms. The van der Waals surface area contributed by atoms with Crippen LogP contribution in [-0.2, 0) is 17.1 Å². The van der Waals surface area contributed by atoms with Gasteiger partial charge in [-0.3, -0.25) is 24.9 Å². The molecule has 0 saturated carbocycles. The molecule has 12 heteroatoms. The van der Waals surface area contributed by atoms with Gasteiger partial charge in [0.05, 0.1) is 10.6 Å². The highest BCUT2D eigenvalue weighted by molar-refractivity contribution is 9.10. The number of sulfonamides is 1. The molecule has 0 spiro atoms. The normalized spacial score (nSPS) is 13.5. The Hall–Kier alpha value is -4.03. The van der Waals surface area contributed by atoms with Gasteiger partial charge in [0.1, 0.15) is 12.2 Å². The van der Waals surface area contributed by atoms with Gasteiger partial charge >= 0.3 is 0 Å². The second kappa shape index (κ2) is 10.0. The van der Waals surface area contributed by atoms with Crippen LogP contribution in [0.2, 0.25) is 0 Å². The van der Waals surface area contributed by atoms with E-state index >= 15 is 0 Å². The standard InChI is InChI=1S/C26H24BrN7O3S/c1-16-7-8-20(32-38(36,37)21-6-4-5-19(27)12-21)13-22(16)23-11-18-14-28-26(30-24(18)25(35)33(23)3)31-34-10-9-17(2)29-15-34/h4-14,32H,15H2,1-3H3,(H,28,30,31). The lowest BCUT2D eigenvalue weighted by Gasteiger charge is -2.21. The third kappa shape index (κ3) is 5.18. The number of rotatable bonds is 6. The maximum absolute atomic E-state index is 13.3. The first-order valence-corrected chi connectivity index (χ1v) is 13.9. The molecule has 0 fully saturated rings. The molecular weight excluding hydrogens is 570 g/mol. The first-order valence-electron chi connectivity index (χ1n) is 11.6. The van der Waals surface area contributed by atoms with E-state index in [4.69, 9.17) is 0 Å². The molecule has 1 aliphatic rings. The molecule has 4 aromatic rings. The molecular formula is C26H24BrN7O3S. The lowest BCUT2D eigenvalue weighted by molar-refractivity contribution is 0.455. The third-order valence-corrected chi connectivity index (χ3v) is 7.93. The zero-order valence-electron chi connectivity index (χ0n) is 20.8. The number of allylic oxidation sites excluding steroid dienone is 1. The Kier molecular flexibility index (Phi) is 6.76. The Labute approximate surface area is 227 Å². The molecule has 0 radical (unpaired) electrons. The number of hydrogen-bond acceptors (Lipinski definition) is 8. The monoisotopic (exact) mass is 593 g/mol. The van der Waals surface area contributed by atoms with Gasteiger partial charge in [0, 0.05) is 46.3 Å². The zero-order chi connectivity index (χ0) is 27.0. The molecule has 0 saturated heterocycles. The van der Waals surface area contributed by atoms with Crippen LogP contribution < -0.4 is 15.7 Å². The number of anilines is 2. The van der Waals surface area contributed by atoms with Gasteiger partial charge in [0.25, 0.3) is 15.6 Å². The summed E-state index contributed by atoms with van der Waals surface area (Å²) in [6.45, 7) is 4.22. The Morgan fingerprint density at radius 2 is 1.89 bits per heavy atom. The average Bonchev–Trinajstić information content (AvgIpc) is 2.89. The van der Waals surface area contributed by atoms with Crippen LogP contribution >= 0.6 is 15.9 Å². The lowest BCUT2D eigenvalue weighted by atomic mass is 10.0. The number of halogens is 1. The van der Waals surface area contributed by atoms with Crippen LogP contribution in [0.25, 0.3) is 22.2 Å². The second-order valence-electron chi connectivity index (χ2n) is 8.82. The van der Waals surface area contributed by atoms with Crippen molar-refractivity contribution >= 4 is 54.2 Å². The third-order valence-electron chi connectivity index (χ3n) is 6.06. The number of hydrazine groups is 1. The highest BCUT2D eigenvalue weighted by Crippen LogP contribution is 2.29. The van der Waals surface area contributed by atoms with E-state index < -0.39 is 10.0 Å². The van der Waals surface area contributed by atoms with Crippen LogP contribution in [-0.4, -0.2) is 40.3 Å². The summed E-state index contributed by atoms with van der Waals surface area (Å²) in [5.41, 5.74) is 6.49. The number of nitrogens with zero attached hydrogens (tertiary/aromatic N) is 5. The predicted molar refractivity (Wildman–Crippen MR) is 152 cm³/mol. The molecule has 2 N–H and O–H groups in total. The molecule has 5 rings (SSSR count). The highest BCUT2D eigenvalue weighted by atomic mass is 79.9. The van der Waals surface area contributed by atoms with Gasteiger partial charge in [-0.25, -0.2) is 18.4 Å². The smallest absolute Gasteiger partial charge is 0.277 e. The van der Waals surface area contributed by atoms with Crippen molar-refractivity contribution in [3.05, 3.63) is 87.4 Å². The Morgan fingerprint density at radius 3 is 2.63 bits per heavy atom. The van der Waals surface area contributed by atoms with Crippen molar-refractivity contribution in [1.29, 1.82) is 0 Å². The number of aliphatic imine (C=N–C) groups is 1. The number of fused-ring (bicyclic) bond motifs is 1. The van der Waals surface area contributed by atoms with Gasteiger partial charge in [-0.1, -0.05) is 28.1 Å². The number of aryl methyl sites for hydroxylation is 1. The fourth-order valence-electron chi connectivity index (χ4n) is 3.99. The molecule has 0 aliphatic carbocycles. The van der Waals surface area contributed by atoms with Gasteiger partial charge in [-0.05, 0) is 61.9 Å². The minimum absolute atomic E-state index is 0.135. The van der Waals surface area contributed by atoms with E-state index in [1.54, 1.807) is 42.5 Å². The fourth-order valence-corrected chi connectivity index (χ4v) is 5.63. The van der Waals surface area contributed by atoms with Gasteiger partial charge in [0.15, 0.2) is 0 Å². The molecule has 0 atom stereocenters. The molecule has 1 aliphatic heterocycles. The Balaban J connectivity index is 1.49. The SMILES string of the molecule is CC1=NCN(Nc2ncc3cc(-c4cc(NS(=O)(=O)c5cccc(Br)c5)ccc4C)n(C)c(=O)c3n2)C=C1. The van der Waals surface area contributed by atoms with Crippen molar-refractivity contribution in [2.45, 2.75) is 18.7 Å². The van der Waals surface area contributed by atoms with Crippen LogP contribution in [0.3, 0.4) is 0 Å². The van der Waals surface area contributed by atoms with Crippen LogP contribution in [0.1, 0.15) is 12.5 Å². The van der Waals surface area contributed by atoms with Crippen molar-refractivity contribution in [1.82, 2.24) is 19.5 Å². The summed E-state index contributed by atoms with van der Waals surface area (Å²) in [6.07, 6.45) is 5.28. The average molecular weight is 594 g/mol. The summed E-state index contributed by atoms with van der Waals surface area (Å²) in [7, 11) is -2.15. The van der Waals surface area contributed by atoms with E-state index in [1.807, 2.05) is 38.3 Å². The quantitative estimate of drug-likeness (QED) is 0.339. The van der Waals surface area contributed by atoms with Gasteiger partial charge in [-0.15, -0.1) is 0 Å². The minimum Gasteiger partial charge on any atom is -0.309 e. The summed E-state index contributed by atoms with van der Waals surface area (Å²) in [5, 5.41) is 2.29. The Morgan fingerprint density at radius 1 is 1.08 bits per heavy atom. The second-order valence-corrected chi connectivity index (χ2v) is 11.4. The van der Waals surface area contributed by atoms with E-state index in [-0.39, 0.29) is 21.9 Å². The van der Waals surface area contributed by atoms with Crippen molar-refractivity contribution < 1.29 is 8.42 Å². The number of benzene rings is 2. The van der Waals surface area contributed by atoms with E-state index in [2.05, 4.69) is 41.0 Å². The predicted octanol–water partition coefficient (Wildman–Crippen LogP) is 4.44.